The molecule has 0 saturated carbocycles. The summed E-state index contributed by atoms with van der Waals surface area (Å²) in [6.07, 6.45) is 10.7. The van der Waals surface area contributed by atoms with Crippen LogP contribution in [-0.4, -0.2) is 115 Å². The summed E-state index contributed by atoms with van der Waals surface area (Å²) in [7, 11) is -1.48. The topological polar surface area (TPSA) is 244 Å². The SMILES string of the molecule is COc1cccc(OC)c1-n1c(CS(=O)(=O)[C@@H](C)Cc2ncc(F)cn2)nnc1-c1cncc(C)c1.COc1cccc(OC)c1-n1c(CS(=O)(=O)[C@H](C)Cc2ncc(F)cn2)nnc1-c1cncc(C)c1. The van der Waals surface area contributed by atoms with Gasteiger partial charge in [-0.1, -0.05) is 12.1 Å². The lowest BCUT2D eigenvalue weighted by Crippen LogP contribution is -2.24. The van der Waals surface area contributed by atoms with Gasteiger partial charge in [0.1, 0.15) is 57.5 Å². The lowest BCUT2D eigenvalue weighted by Gasteiger charge is -2.18. The van der Waals surface area contributed by atoms with Crippen LogP contribution in [0.5, 0.6) is 23.0 Å². The number of aryl methyl sites for hydroxylation is 2. The molecule has 0 unspecified atom stereocenters. The van der Waals surface area contributed by atoms with Crippen LogP contribution in [0, 0.1) is 25.5 Å². The molecule has 2 aromatic carbocycles. The van der Waals surface area contributed by atoms with Crippen molar-refractivity contribution in [3.05, 3.63) is 144 Å². The Hall–Kier alpha value is -7.86. The Labute approximate surface area is 414 Å². The van der Waals surface area contributed by atoms with E-state index in [4.69, 9.17) is 18.9 Å². The van der Waals surface area contributed by atoms with Crippen molar-refractivity contribution in [2.75, 3.05) is 28.4 Å². The average molecular weight is 1030 g/mol. The maximum absolute atomic E-state index is 13.4. The van der Waals surface area contributed by atoms with Gasteiger partial charge in [0.05, 0.1) is 63.7 Å². The van der Waals surface area contributed by atoms with Gasteiger partial charge >= 0.3 is 0 Å². The normalized spacial score (nSPS) is 12.4. The summed E-state index contributed by atoms with van der Waals surface area (Å²) >= 11 is 0. The quantitative estimate of drug-likeness (QED) is 0.0920. The number of pyridine rings is 2. The molecule has 0 saturated heterocycles. The molecule has 0 N–H and O–H groups in total. The van der Waals surface area contributed by atoms with Gasteiger partial charge in [0.25, 0.3) is 0 Å². The average Bonchev–Trinajstić information content (AvgIpc) is 3.97. The maximum atomic E-state index is 13.4. The second kappa shape index (κ2) is 22.5. The van der Waals surface area contributed by atoms with Crippen LogP contribution < -0.4 is 18.9 Å². The number of hydrogen-bond acceptors (Lipinski definition) is 18. The maximum Gasteiger partial charge on any atom is 0.170 e. The number of sulfone groups is 2. The van der Waals surface area contributed by atoms with E-state index in [1.807, 2.05) is 26.0 Å². The fourth-order valence-corrected chi connectivity index (χ4v) is 9.89. The second-order valence-corrected chi connectivity index (χ2v) is 21.2. The standard InChI is InChI=1S/2C24H25FN6O4S/c2*1-15-8-17(11-26-10-15)24-30-29-22(31(24)23-19(34-3)6-5-7-20(23)35-4)14-36(32,33)16(2)9-21-27-12-18(25)13-28-21/h2*5-8,10-13,16H,9,14H2,1-4H3/t2*16-/m10/s1. The third-order valence-corrected chi connectivity index (χ3v) is 15.3. The van der Waals surface area contributed by atoms with Gasteiger partial charge in [-0.3, -0.25) is 19.1 Å². The van der Waals surface area contributed by atoms with Crippen LogP contribution in [0.2, 0.25) is 0 Å². The number of methoxy groups -OCH3 is 4. The molecule has 20 nitrogen and oxygen atoms in total. The molecule has 0 aliphatic carbocycles. The molecule has 376 valence electrons. The Morgan fingerprint density at radius 3 is 1.15 bits per heavy atom. The van der Waals surface area contributed by atoms with Crippen LogP contribution in [0.15, 0.2) is 98.1 Å². The molecule has 24 heteroatoms. The number of halogens is 2. The lowest BCUT2D eigenvalue weighted by molar-refractivity contribution is 0.390. The van der Waals surface area contributed by atoms with Gasteiger partial charge in [-0.15, -0.1) is 20.4 Å². The van der Waals surface area contributed by atoms with Crippen molar-refractivity contribution in [2.45, 2.75) is 62.5 Å². The molecule has 8 aromatic rings. The molecule has 2 atom stereocenters. The lowest BCUT2D eigenvalue weighted by atomic mass is 10.2. The summed E-state index contributed by atoms with van der Waals surface area (Å²) in [5, 5.41) is 15.4. The molecule has 6 heterocycles. The molecular weight excluding hydrogens is 975 g/mol. The number of hydrogen-bond donors (Lipinski definition) is 0. The van der Waals surface area contributed by atoms with Crippen molar-refractivity contribution >= 4 is 19.7 Å². The van der Waals surface area contributed by atoms with E-state index < -0.39 is 53.3 Å². The van der Waals surface area contributed by atoms with Crippen LogP contribution in [0.1, 0.15) is 48.3 Å². The summed E-state index contributed by atoms with van der Waals surface area (Å²) in [5.41, 5.74) is 4.01. The van der Waals surface area contributed by atoms with E-state index in [2.05, 4.69) is 50.3 Å². The zero-order valence-electron chi connectivity index (χ0n) is 40.4. The molecule has 0 aliphatic rings. The number of rotatable bonds is 18. The smallest absolute Gasteiger partial charge is 0.170 e. The van der Waals surface area contributed by atoms with Crippen LogP contribution in [0.3, 0.4) is 0 Å². The van der Waals surface area contributed by atoms with Crippen molar-refractivity contribution in [1.29, 1.82) is 0 Å². The van der Waals surface area contributed by atoms with Crippen molar-refractivity contribution in [1.82, 2.24) is 59.4 Å². The number of benzene rings is 2. The third-order valence-electron chi connectivity index (χ3n) is 11.2. The van der Waals surface area contributed by atoms with Crippen molar-refractivity contribution in [2.24, 2.45) is 0 Å². The Bertz CT molecular complexity index is 3130. The minimum absolute atomic E-state index is 0.0172. The fraction of sp³-hybridized carbons (Fsp3) is 0.292. The van der Waals surface area contributed by atoms with Gasteiger partial charge in [0, 0.05) is 48.8 Å². The Morgan fingerprint density at radius 2 is 0.847 bits per heavy atom. The van der Waals surface area contributed by atoms with E-state index in [9.17, 15) is 25.6 Å². The highest BCUT2D eigenvalue weighted by atomic mass is 32.2. The molecule has 0 spiro atoms. The van der Waals surface area contributed by atoms with E-state index in [-0.39, 0.29) is 36.1 Å². The number of aromatic nitrogens is 12. The van der Waals surface area contributed by atoms with Gasteiger partial charge in [0.2, 0.25) is 0 Å². The van der Waals surface area contributed by atoms with Gasteiger partial charge in [-0.25, -0.2) is 45.6 Å². The van der Waals surface area contributed by atoms with E-state index in [1.165, 1.54) is 28.4 Å². The first kappa shape index (κ1) is 52.0. The fourth-order valence-electron chi connectivity index (χ4n) is 7.42. The van der Waals surface area contributed by atoms with E-state index in [0.717, 1.165) is 35.9 Å². The Morgan fingerprint density at radius 1 is 0.514 bits per heavy atom. The highest BCUT2D eigenvalue weighted by Gasteiger charge is 2.31. The third kappa shape index (κ3) is 11.8. The van der Waals surface area contributed by atoms with E-state index >= 15 is 0 Å². The minimum atomic E-state index is -3.76. The molecule has 6 aromatic heterocycles. The second-order valence-electron chi connectivity index (χ2n) is 16.4. The molecular formula is C48H50F2N12O8S2. The molecule has 0 amide bonds. The number of nitrogens with zero attached hydrogens (tertiary/aromatic N) is 12. The molecule has 0 bridgehead atoms. The van der Waals surface area contributed by atoms with Crippen LogP contribution >= 0.6 is 0 Å². The summed E-state index contributed by atoms with van der Waals surface area (Å²) in [6, 6.07) is 14.2. The highest BCUT2D eigenvalue weighted by molar-refractivity contribution is 7.91. The summed E-state index contributed by atoms with van der Waals surface area (Å²) in [4.78, 5) is 24.0. The van der Waals surface area contributed by atoms with Crippen LogP contribution in [-0.2, 0) is 44.0 Å². The Kier molecular flexibility index (Phi) is 16.2. The van der Waals surface area contributed by atoms with Crippen LogP contribution in [0.25, 0.3) is 34.2 Å². The van der Waals surface area contributed by atoms with Gasteiger partial charge in [0.15, 0.2) is 54.6 Å². The predicted molar refractivity (Wildman–Crippen MR) is 260 cm³/mol. The Balaban J connectivity index is 0.000000211. The first-order valence-electron chi connectivity index (χ1n) is 22.0. The molecule has 0 fully saturated rings. The first-order chi connectivity index (χ1) is 34.5. The zero-order chi connectivity index (χ0) is 51.7. The number of ether oxygens (including phenoxy) is 4. The molecule has 8 rings (SSSR count). The molecule has 72 heavy (non-hydrogen) atoms. The summed E-state index contributed by atoms with van der Waals surface area (Å²) in [5.74, 6) is 1.31. The monoisotopic (exact) mass is 1020 g/mol. The van der Waals surface area contributed by atoms with E-state index in [1.54, 1.807) is 84.2 Å². The van der Waals surface area contributed by atoms with E-state index in [0.29, 0.717) is 57.1 Å². The van der Waals surface area contributed by atoms with Gasteiger partial charge < -0.3 is 18.9 Å². The number of para-hydroxylation sites is 2. The minimum Gasteiger partial charge on any atom is -0.494 e. The van der Waals surface area contributed by atoms with Gasteiger partial charge in [-0.2, -0.15) is 0 Å². The van der Waals surface area contributed by atoms with Crippen LogP contribution in [0.4, 0.5) is 8.78 Å². The molecule has 0 aliphatic heterocycles. The zero-order valence-corrected chi connectivity index (χ0v) is 42.1. The van der Waals surface area contributed by atoms with Crippen molar-refractivity contribution < 1.29 is 44.6 Å². The predicted octanol–water partition coefficient (Wildman–Crippen LogP) is 6.26. The summed E-state index contributed by atoms with van der Waals surface area (Å²) in [6.45, 7) is 6.90. The van der Waals surface area contributed by atoms with Gasteiger partial charge in [-0.05, 0) is 75.2 Å². The summed E-state index contributed by atoms with van der Waals surface area (Å²) < 4.78 is 105. The van der Waals surface area contributed by atoms with Crippen molar-refractivity contribution in [3.63, 3.8) is 0 Å². The largest absolute Gasteiger partial charge is 0.494 e. The first-order valence-corrected chi connectivity index (χ1v) is 25.4. The molecule has 0 radical (unpaired) electrons. The highest BCUT2D eigenvalue weighted by Crippen LogP contribution is 2.38. The van der Waals surface area contributed by atoms with Crippen molar-refractivity contribution in [3.8, 4) is 57.1 Å².